The number of nitrogen functional groups attached to an aromatic ring is 1. The second-order valence-electron chi connectivity index (χ2n) is 5.94. The molecule has 0 unspecified atom stereocenters. The Balaban J connectivity index is 1.77. The van der Waals surface area contributed by atoms with Gasteiger partial charge in [-0.15, -0.1) is 0 Å². The van der Waals surface area contributed by atoms with Crippen molar-refractivity contribution < 1.29 is 14.5 Å². The third-order valence-corrected chi connectivity index (χ3v) is 4.52. The second kappa shape index (κ2) is 5.66. The lowest BCUT2D eigenvalue weighted by molar-refractivity contribution is -0.384. The number of nitro groups is 1. The van der Waals surface area contributed by atoms with Gasteiger partial charge in [0.05, 0.1) is 22.7 Å². The maximum Gasteiger partial charge on any atom is 0.270 e. The van der Waals surface area contributed by atoms with Crippen molar-refractivity contribution in [1.29, 1.82) is 0 Å². The van der Waals surface area contributed by atoms with Crippen LogP contribution in [-0.2, 0) is 0 Å². The number of nitrogens with zero attached hydrogens (tertiary/aromatic N) is 3. The summed E-state index contributed by atoms with van der Waals surface area (Å²) in [7, 11) is 0. The third-order valence-electron chi connectivity index (χ3n) is 4.52. The number of nitro benzene ring substituents is 1. The Hall–Kier alpha value is -3.29. The van der Waals surface area contributed by atoms with Crippen LogP contribution in [0.25, 0.3) is 0 Å². The first kappa shape index (κ1) is 15.3. The SMILES string of the molecule is Nc1ccc([N+](=O)[O-])cc1C(=O)N1CCN2CCOc3cccc1c32. The molecule has 25 heavy (non-hydrogen) atoms. The van der Waals surface area contributed by atoms with Crippen LogP contribution in [0.1, 0.15) is 10.4 Å². The van der Waals surface area contributed by atoms with E-state index in [1.807, 2.05) is 18.2 Å². The van der Waals surface area contributed by atoms with E-state index in [4.69, 9.17) is 10.5 Å². The van der Waals surface area contributed by atoms with E-state index >= 15 is 0 Å². The highest BCUT2D eigenvalue weighted by atomic mass is 16.6. The van der Waals surface area contributed by atoms with Crippen LogP contribution in [0.3, 0.4) is 0 Å². The molecule has 2 N–H and O–H groups in total. The van der Waals surface area contributed by atoms with Crippen LogP contribution in [0.5, 0.6) is 5.75 Å². The smallest absolute Gasteiger partial charge is 0.270 e. The van der Waals surface area contributed by atoms with Crippen molar-refractivity contribution in [2.45, 2.75) is 0 Å². The number of carbonyl (C=O) groups excluding carboxylic acids is 1. The van der Waals surface area contributed by atoms with Crippen molar-refractivity contribution >= 4 is 28.7 Å². The molecule has 0 radical (unpaired) electrons. The number of anilines is 3. The van der Waals surface area contributed by atoms with Gasteiger partial charge in [0.1, 0.15) is 18.0 Å². The van der Waals surface area contributed by atoms with Crippen LogP contribution < -0.4 is 20.3 Å². The summed E-state index contributed by atoms with van der Waals surface area (Å²) in [4.78, 5) is 27.3. The number of hydrogen-bond donors (Lipinski definition) is 1. The molecule has 2 aromatic carbocycles. The minimum atomic E-state index is -0.535. The molecule has 0 saturated heterocycles. The van der Waals surface area contributed by atoms with Gasteiger partial charge in [0.25, 0.3) is 11.6 Å². The van der Waals surface area contributed by atoms with Crippen LogP contribution in [0.4, 0.5) is 22.7 Å². The average Bonchev–Trinajstić information content (AvgIpc) is 2.62. The summed E-state index contributed by atoms with van der Waals surface area (Å²) in [5.41, 5.74) is 7.73. The number of para-hydroxylation sites is 1. The molecule has 8 nitrogen and oxygen atoms in total. The largest absolute Gasteiger partial charge is 0.489 e. The minimum absolute atomic E-state index is 0.136. The molecule has 0 spiro atoms. The predicted octanol–water partition coefficient (Wildman–Crippen LogP) is 2.04. The predicted molar refractivity (Wildman–Crippen MR) is 93.3 cm³/mol. The van der Waals surface area contributed by atoms with Crippen LogP contribution in [0.2, 0.25) is 0 Å². The average molecular weight is 340 g/mol. The van der Waals surface area contributed by atoms with E-state index in [9.17, 15) is 14.9 Å². The number of hydrogen-bond acceptors (Lipinski definition) is 6. The zero-order valence-corrected chi connectivity index (χ0v) is 13.3. The lowest BCUT2D eigenvalue weighted by atomic mass is 10.1. The van der Waals surface area contributed by atoms with Crippen molar-refractivity contribution in [3.8, 4) is 5.75 Å². The Morgan fingerprint density at radius 1 is 1.20 bits per heavy atom. The summed E-state index contributed by atoms with van der Waals surface area (Å²) in [6.45, 7) is 2.54. The lowest BCUT2D eigenvalue weighted by Gasteiger charge is -2.41. The van der Waals surface area contributed by atoms with Crippen molar-refractivity contribution in [3.05, 3.63) is 52.1 Å². The molecule has 0 aromatic heterocycles. The van der Waals surface area contributed by atoms with Crippen LogP contribution in [0.15, 0.2) is 36.4 Å². The normalized spacial score (nSPS) is 15.4. The first-order chi connectivity index (χ1) is 12.1. The van der Waals surface area contributed by atoms with Gasteiger partial charge in [-0.25, -0.2) is 0 Å². The Labute approximate surface area is 143 Å². The van der Waals surface area contributed by atoms with Crippen molar-refractivity contribution in [3.63, 3.8) is 0 Å². The van der Waals surface area contributed by atoms with Gasteiger partial charge in [-0.1, -0.05) is 6.07 Å². The summed E-state index contributed by atoms with van der Waals surface area (Å²) in [6, 6.07) is 9.48. The van der Waals surface area contributed by atoms with Crippen LogP contribution in [0, 0.1) is 10.1 Å². The van der Waals surface area contributed by atoms with Crippen molar-refractivity contribution in [2.24, 2.45) is 0 Å². The topological polar surface area (TPSA) is 102 Å². The fraction of sp³-hybridized carbons (Fsp3) is 0.235. The molecular weight excluding hydrogens is 324 g/mol. The summed E-state index contributed by atoms with van der Waals surface area (Å²) in [5.74, 6) is 0.396. The van der Waals surface area contributed by atoms with Gasteiger partial charge in [0.2, 0.25) is 0 Å². The maximum absolute atomic E-state index is 13.0. The molecule has 0 saturated carbocycles. The van der Waals surface area contributed by atoms with Crippen molar-refractivity contribution in [2.75, 3.05) is 41.8 Å². The highest BCUT2D eigenvalue weighted by molar-refractivity contribution is 6.12. The Morgan fingerprint density at radius 3 is 2.84 bits per heavy atom. The quantitative estimate of drug-likeness (QED) is 0.510. The number of ether oxygens (including phenoxy) is 1. The van der Waals surface area contributed by atoms with E-state index in [1.165, 1.54) is 18.2 Å². The number of nitrogens with two attached hydrogens (primary N) is 1. The summed E-state index contributed by atoms with van der Waals surface area (Å²) in [6.07, 6.45) is 0. The third kappa shape index (κ3) is 2.42. The number of benzene rings is 2. The Morgan fingerprint density at radius 2 is 2.04 bits per heavy atom. The number of non-ortho nitro benzene ring substituents is 1. The van der Waals surface area contributed by atoms with Gasteiger partial charge in [0, 0.05) is 30.9 Å². The van der Waals surface area contributed by atoms with E-state index in [0.29, 0.717) is 19.7 Å². The molecule has 0 aliphatic carbocycles. The van der Waals surface area contributed by atoms with Gasteiger partial charge in [-0.3, -0.25) is 14.9 Å². The molecule has 2 aromatic rings. The summed E-state index contributed by atoms with van der Waals surface area (Å²) in [5, 5.41) is 11.0. The van der Waals surface area contributed by atoms with E-state index in [-0.39, 0.29) is 22.8 Å². The molecule has 4 rings (SSSR count). The molecule has 2 aliphatic rings. The molecule has 8 heteroatoms. The van der Waals surface area contributed by atoms with Crippen LogP contribution >= 0.6 is 0 Å². The number of carbonyl (C=O) groups is 1. The highest BCUT2D eigenvalue weighted by Crippen LogP contribution is 2.43. The standard InChI is InChI=1S/C17H16N4O4/c18-13-5-4-11(21(23)24)10-12(13)17(22)20-7-6-19-8-9-25-15-3-1-2-14(20)16(15)19/h1-5,10H,6-9,18H2. The molecule has 0 bridgehead atoms. The van der Waals surface area contributed by atoms with E-state index in [0.717, 1.165) is 23.7 Å². The summed E-state index contributed by atoms with van der Waals surface area (Å²) < 4.78 is 5.68. The number of amides is 1. The maximum atomic E-state index is 13.0. The van der Waals surface area contributed by atoms with Crippen molar-refractivity contribution in [1.82, 2.24) is 0 Å². The molecule has 0 fully saturated rings. The molecule has 128 valence electrons. The highest BCUT2D eigenvalue weighted by Gasteiger charge is 2.32. The second-order valence-corrected chi connectivity index (χ2v) is 5.94. The van der Waals surface area contributed by atoms with E-state index in [1.54, 1.807) is 4.90 Å². The lowest BCUT2D eigenvalue weighted by Crippen LogP contribution is -2.47. The molecule has 0 atom stereocenters. The first-order valence-electron chi connectivity index (χ1n) is 7.93. The van der Waals surface area contributed by atoms with Gasteiger partial charge < -0.3 is 20.3 Å². The zero-order chi connectivity index (χ0) is 17.6. The van der Waals surface area contributed by atoms with E-state index < -0.39 is 4.92 Å². The Bertz CT molecular complexity index is 883. The minimum Gasteiger partial charge on any atom is -0.489 e. The van der Waals surface area contributed by atoms with Gasteiger partial charge in [-0.05, 0) is 18.2 Å². The zero-order valence-electron chi connectivity index (χ0n) is 13.3. The molecule has 1 amide bonds. The van der Waals surface area contributed by atoms with Gasteiger partial charge >= 0.3 is 0 Å². The van der Waals surface area contributed by atoms with E-state index in [2.05, 4.69) is 4.90 Å². The fourth-order valence-corrected chi connectivity index (χ4v) is 3.30. The first-order valence-corrected chi connectivity index (χ1v) is 7.93. The Kier molecular flexibility index (Phi) is 3.45. The fourth-order valence-electron chi connectivity index (χ4n) is 3.30. The molecular formula is C17H16N4O4. The van der Waals surface area contributed by atoms with Gasteiger partial charge in [-0.2, -0.15) is 0 Å². The van der Waals surface area contributed by atoms with Gasteiger partial charge in [0.15, 0.2) is 0 Å². The molecule has 2 aliphatic heterocycles. The summed E-state index contributed by atoms with van der Waals surface area (Å²) >= 11 is 0. The monoisotopic (exact) mass is 340 g/mol. The van der Waals surface area contributed by atoms with Crippen LogP contribution in [-0.4, -0.2) is 37.1 Å². The molecule has 2 heterocycles. The number of rotatable bonds is 2.